The quantitative estimate of drug-likeness (QED) is 0.783. The van der Waals surface area contributed by atoms with Crippen LogP contribution in [0.2, 0.25) is 0 Å². The first kappa shape index (κ1) is 13.5. The van der Waals surface area contributed by atoms with E-state index in [2.05, 4.69) is 15.9 Å². The molecule has 0 radical (unpaired) electrons. The Labute approximate surface area is 113 Å². The molecule has 2 atom stereocenters. The summed E-state index contributed by atoms with van der Waals surface area (Å²) in [6, 6.07) is 3.12. The van der Waals surface area contributed by atoms with Crippen LogP contribution in [0, 0.1) is 17.6 Å². The molecule has 2 nitrogen and oxygen atoms in total. The minimum Gasteiger partial charge on any atom is -0.335 e. The van der Waals surface area contributed by atoms with E-state index in [-0.39, 0.29) is 17.9 Å². The molecule has 2 unspecified atom stereocenters. The predicted molar refractivity (Wildman–Crippen MR) is 68.4 cm³/mol. The number of likely N-dealkylation sites (tertiary alicyclic amines) is 1. The molecule has 0 spiro atoms. The molecular weight excluding hydrogens is 304 g/mol. The molecule has 0 aromatic heterocycles. The number of alkyl halides is 1. The van der Waals surface area contributed by atoms with E-state index in [0.717, 1.165) is 11.4 Å². The van der Waals surface area contributed by atoms with E-state index in [1.165, 1.54) is 12.1 Å². The van der Waals surface area contributed by atoms with Crippen molar-refractivity contribution in [2.45, 2.75) is 19.4 Å². The van der Waals surface area contributed by atoms with Gasteiger partial charge in [0.2, 0.25) is 5.91 Å². The Morgan fingerprint density at radius 1 is 1.50 bits per heavy atom. The van der Waals surface area contributed by atoms with E-state index in [9.17, 15) is 13.6 Å². The molecular formula is C13H14BrF2NO. The van der Waals surface area contributed by atoms with Crippen molar-refractivity contribution in [1.29, 1.82) is 0 Å². The molecule has 2 rings (SSSR count). The van der Waals surface area contributed by atoms with Gasteiger partial charge in [0.1, 0.15) is 11.6 Å². The fraction of sp³-hybridized carbons (Fsp3) is 0.462. The van der Waals surface area contributed by atoms with Gasteiger partial charge in [0, 0.05) is 29.9 Å². The zero-order chi connectivity index (χ0) is 13.3. The zero-order valence-electron chi connectivity index (χ0n) is 10.00. The molecule has 0 aliphatic carbocycles. The van der Waals surface area contributed by atoms with Crippen molar-refractivity contribution in [2.24, 2.45) is 5.92 Å². The Morgan fingerprint density at radius 3 is 2.78 bits per heavy atom. The molecule has 1 aliphatic rings. The highest BCUT2D eigenvalue weighted by Crippen LogP contribution is 2.30. The summed E-state index contributed by atoms with van der Waals surface area (Å²) >= 11 is 3.36. The molecule has 0 bridgehead atoms. The number of halogens is 3. The van der Waals surface area contributed by atoms with Gasteiger partial charge < -0.3 is 4.90 Å². The first-order valence-electron chi connectivity index (χ1n) is 5.83. The Bertz CT molecular complexity index is 466. The van der Waals surface area contributed by atoms with Crippen LogP contribution in [0.3, 0.4) is 0 Å². The lowest BCUT2D eigenvalue weighted by Crippen LogP contribution is -2.29. The second-order valence-corrected chi connectivity index (χ2v) is 5.26. The zero-order valence-corrected chi connectivity index (χ0v) is 11.6. The van der Waals surface area contributed by atoms with Crippen molar-refractivity contribution in [2.75, 3.05) is 11.9 Å². The first-order chi connectivity index (χ1) is 8.52. The van der Waals surface area contributed by atoms with Gasteiger partial charge in [0.25, 0.3) is 0 Å². The van der Waals surface area contributed by atoms with Crippen molar-refractivity contribution in [3.05, 3.63) is 35.4 Å². The monoisotopic (exact) mass is 317 g/mol. The van der Waals surface area contributed by atoms with Crippen LogP contribution in [0.1, 0.15) is 24.9 Å². The van der Waals surface area contributed by atoms with Gasteiger partial charge in [-0.2, -0.15) is 0 Å². The average Bonchev–Trinajstić information content (AvgIpc) is 2.70. The summed E-state index contributed by atoms with van der Waals surface area (Å²) in [5, 5.41) is 0.758. The molecule has 98 valence electrons. The lowest BCUT2D eigenvalue weighted by Gasteiger charge is -2.25. The van der Waals surface area contributed by atoms with E-state index < -0.39 is 11.6 Å². The molecule has 1 amide bonds. The minimum absolute atomic E-state index is 0.0238. The average molecular weight is 318 g/mol. The Hall–Kier alpha value is -0.970. The number of benzene rings is 1. The van der Waals surface area contributed by atoms with E-state index in [1.54, 1.807) is 11.8 Å². The summed E-state index contributed by atoms with van der Waals surface area (Å²) in [6.45, 7) is 2.38. The second kappa shape index (κ2) is 5.34. The molecule has 1 saturated heterocycles. The highest BCUT2D eigenvalue weighted by Gasteiger charge is 2.33. The minimum atomic E-state index is -0.602. The van der Waals surface area contributed by atoms with Crippen LogP contribution in [0.15, 0.2) is 18.2 Å². The van der Waals surface area contributed by atoms with Crippen molar-refractivity contribution < 1.29 is 13.6 Å². The van der Waals surface area contributed by atoms with Gasteiger partial charge in [-0.15, -0.1) is 0 Å². The van der Waals surface area contributed by atoms with Crippen LogP contribution in [-0.2, 0) is 4.79 Å². The molecule has 18 heavy (non-hydrogen) atoms. The molecule has 1 aliphatic heterocycles. The summed E-state index contributed by atoms with van der Waals surface area (Å²) in [5.41, 5.74) is 0.361. The second-order valence-electron chi connectivity index (χ2n) is 4.61. The number of carbonyl (C=O) groups excluding carboxylic acids is 1. The summed E-state index contributed by atoms with van der Waals surface area (Å²) in [6.07, 6.45) is 0.485. The Morgan fingerprint density at radius 2 is 2.22 bits per heavy atom. The highest BCUT2D eigenvalue weighted by atomic mass is 79.9. The molecule has 0 N–H and O–H groups in total. The predicted octanol–water partition coefficient (Wildman–Crippen LogP) is 3.27. The van der Waals surface area contributed by atoms with Gasteiger partial charge in [0.15, 0.2) is 0 Å². The van der Waals surface area contributed by atoms with E-state index >= 15 is 0 Å². The molecule has 1 aromatic rings. The maximum absolute atomic E-state index is 13.7. The molecule has 5 heteroatoms. The van der Waals surface area contributed by atoms with Crippen LogP contribution < -0.4 is 0 Å². The lowest BCUT2D eigenvalue weighted by atomic mass is 10.1. The summed E-state index contributed by atoms with van der Waals surface area (Å²) in [5.74, 6) is -0.911. The van der Waals surface area contributed by atoms with Gasteiger partial charge in [-0.1, -0.05) is 22.0 Å². The maximum Gasteiger partial charge on any atom is 0.223 e. The van der Waals surface area contributed by atoms with Crippen LogP contribution in [0.4, 0.5) is 8.78 Å². The smallest absolute Gasteiger partial charge is 0.223 e. The van der Waals surface area contributed by atoms with Crippen LogP contribution in [0.5, 0.6) is 0 Å². The largest absolute Gasteiger partial charge is 0.335 e. The van der Waals surface area contributed by atoms with Gasteiger partial charge in [-0.05, 0) is 18.9 Å². The van der Waals surface area contributed by atoms with E-state index in [1.807, 2.05) is 0 Å². The highest BCUT2D eigenvalue weighted by molar-refractivity contribution is 9.09. The van der Waals surface area contributed by atoms with E-state index in [0.29, 0.717) is 18.5 Å². The Balaban J connectivity index is 2.21. The number of carbonyl (C=O) groups is 1. The Kier molecular flexibility index (Phi) is 4.00. The number of hydrogen-bond donors (Lipinski definition) is 0. The SMILES string of the molecule is CC(c1ccc(F)cc1F)N1CC(CBr)CC1=O. The third-order valence-corrected chi connectivity index (χ3v) is 4.25. The normalized spacial score (nSPS) is 21.4. The van der Waals surface area contributed by atoms with Crippen LogP contribution >= 0.6 is 15.9 Å². The number of nitrogens with zero attached hydrogens (tertiary/aromatic N) is 1. The maximum atomic E-state index is 13.7. The van der Waals surface area contributed by atoms with Crippen molar-refractivity contribution >= 4 is 21.8 Å². The fourth-order valence-electron chi connectivity index (χ4n) is 2.29. The molecule has 1 heterocycles. The number of rotatable bonds is 3. The van der Waals surface area contributed by atoms with Crippen molar-refractivity contribution in [3.8, 4) is 0 Å². The lowest BCUT2D eigenvalue weighted by molar-refractivity contribution is -0.129. The molecule has 1 fully saturated rings. The van der Waals surface area contributed by atoms with Gasteiger partial charge in [-0.25, -0.2) is 8.78 Å². The summed E-state index contributed by atoms with van der Waals surface area (Å²) in [4.78, 5) is 13.5. The van der Waals surface area contributed by atoms with Gasteiger partial charge in [0.05, 0.1) is 6.04 Å². The van der Waals surface area contributed by atoms with Crippen molar-refractivity contribution in [3.63, 3.8) is 0 Å². The van der Waals surface area contributed by atoms with Crippen LogP contribution in [-0.4, -0.2) is 22.7 Å². The molecule has 1 aromatic carbocycles. The fourth-order valence-corrected chi connectivity index (χ4v) is 2.73. The topological polar surface area (TPSA) is 20.3 Å². The summed E-state index contributed by atoms with van der Waals surface area (Å²) < 4.78 is 26.5. The van der Waals surface area contributed by atoms with Gasteiger partial charge in [-0.3, -0.25) is 4.79 Å². The first-order valence-corrected chi connectivity index (χ1v) is 6.95. The van der Waals surface area contributed by atoms with Gasteiger partial charge >= 0.3 is 0 Å². The standard InChI is InChI=1S/C13H14BrF2NO/c1-8(11-3-2-10(15)5-12(11)16)17-7-9(6-14)4-13(17)18/h2-3,5,8-9H,4,6-7H2,1H3. The third-order valence-electron chi connectivity index (χ3n) is 3.34. The molecule has 0 saturated carbocycles. The van der Waals surface area contributed by atoms with Crippen LogP contribution in [0.25, 0.3) is 0 Å². The number of hydrogen-bond acceptors (Lipinski definition) is 1. The van der Waals surface area contributed by atoms with Crippen molar-refractivity contribution in [1.82, 2.24) is 4.90 Å². The number of amides is 1. The third kappa shape index (κ3) is 2.55. The summed E-state index contributed by atoms with van der Waals surface area (Å²) in [7, 11) is 0. The van der Waals surface area contributed by atoms with E-state index in [4.69, 9.17) is 0 Å².